The van der Waals surface area contributed by atoms with Crippen LogP contribution in [0.1, 0.15) is 12.5 Å². The Morgan fingerprint density at radius 2 is 2.00 bits per heavy atom. The number of aliphatic hydroxyl groups excluding tert-OH is 1. The Bertz CT molecular complexity index is 365. The highest BCUT2D eigenvalue weighted by Gasteiger charge is 2.05. The number of hydrogen-bond donors (Lipinski definition) is 2. The van der Waals surface area contributed by atoms with Crippen LogP contribution in [0.15, 0.2) is 29.4 Å². The minimum absolute atomic E-state index is 0.00681. The Balaban J connectivity index is 2.53. The molecule has 0 aliphatic rings. The van der Waals surface area contributed by atoms with Crippen LogP contribution in [-0.2, 0) is 4.74 Å². The van der Waals surface area contributed by atoms with Crippen LogP contribution in [0.2, 0.25) is 0 Å². The second kappa shape index (κ2) is 7.65. The molecule has 0 heterocycles. The number of benzene rings is 1. The van der Waals surface area contributed by atoms with E-state index in [0.717, 1.165) is 5.56 Å². The molecule has 0 aromatic heterocycles. The average molecular weight is 239 g/mol. The van der Waals surface area contributed by atoms with E-state index >= 15 is 0 Å². The van der Waals surface area contributed by atoms with Crippen LogP contribution < -0.4 is 4.74 Å². The van der Waals surface area contributed by atoms with Gasteiger partial charge in [0.25, 0.3) is 0 Å². The zero-order chi connectivity index (χ0) is 12.5. The van der Waals surface area contributed by atoms with Crippen LogP contribution in [0.3, 0.4) is 0 Å². The van der Waals surface area contributed by atoms with Gasteiger partial charge in [-0.1, -0.05) is 17.3 Å². The first-order valence-corrected chi connectivity index (χ1v) is 5.39. The first-order valence-electron chi connectivity index (χ1n) is 5.39. The summed E-state index contributed by atoms with van der Waals surface area (Å²) >= 11 is 0. The van der Waals surface area contributed by atoms with Crippen molar-refractivity contribution < 1.29 is 19.8 Å². The van der Waals surface area contributed by atoms with Crippen molar-refractivity contribution in [3.63, 3.8) is 0 Å². The second-order valence-corrected chi connectivity index (χ2v) is 3.37. The van der Waals surface area contributed by atoms with Gasteiger partial charge in [-0.05, 0) is 19.1 Å². The molecule has 0 fully saturated rings. The fourth-order valence-corrected chi connectivity index (χ4v) is 1.32. The summed E-state index contributed by atoms with van der Waals surface area (Å²) in [5.41, 5.74) is 1.24. The molecular weight excluding hydrogens is 222 g/mol. The lowest BCUT2D eigenvalue weighted by atomic mass is 10.1. The van der Waals surface area contributed by atoms with E-state index in [2.05, 4.69) is 5.16 Å². The third kappa shape index (κ3) is 4.42. The van der Waals surface area contributed by atoms with Crippen LogP contribution >= 0.6 is 0 Å². The van der Waals surface area contributed by atoms with E-state index in [0.29, 0.717) is 31.3 Å². The number of oxime groups is 1. The SMILES string of the molecule is C/C(=N\O)c1ccccc1OCCOCCO. The van der Waals surface area contributed by atoms with E-state index in [9.17, 15) is 0 Å². The Morgan fingerprint density at radius 3 is 2.71 bits per heavy atom. The summed E-state index contributed by atoms with van der Waals surface area (Å²) in [5, 5.41) is 20.4. The van der Waals surface area contributed by atoms with E-state index < -0.39 is 0 Å². The molecule has 0 atom stereocenters. The standard InChI is InChI=1S/C12H17NO4/c1-10(13-15)11-4-2-3-5-12(11)17-9-8-16-7-6-14/h2-5,14-15H,6-9H2,1H3/b13-10+. The molecule has 5 heteroatoms. The third-order valence-corrected chi connectivity index (χ3v) is 2.15. The van der Waals surface area contributed by atoms with Crippen molar-refractivity contribution in [2.45, 2.75) is 6.92 Å². The lowest BCUT2D eigenvalue weighted by Gasteiger charge is -2.10. The van der Waals surface area contributed by atoms with Crippen molar-refractivity contribution in [3.8, 4) is 5.75 Å². The zero-order valence-corrected chi connectivity index (χ0v) is 9.80. The molecule has 17 heavy (non-hydrogen) atoms. The van der Waals surface area contributed by atoms with Crippen LogP contribution in [0.4, 0.5) is 0 Å². The van der Waals surface area contributed by atoms with E-state index in [1.165, 1.54) is 0 Å². The fraction of sp³-hybridized carbons (Fsp3) is 0.417. The van der Waals surface area contributed by atoms with Gasteiger partial charge in [0.2, 0.25) is 0 Å². The molecular formula is C12H17NO4. The first-order chi connectivity index (χ1) is 8.29. The van der Waals surface area contributed by atoms with Crippen LogP contribution in [0, 0.1) is 0 Å². The smallest absolute Gasteiger partial charge is 0.128 e. The molecule has 1 aromatic carbocycles. The van der Waals surface area contributed by atoms with Crippen molar-refractivity contribution in [2.75, 3.05) is 26.4 Å². The van der Waals surface area contributed by atoms with Gasteiger partial charge in [0.05, 0.1) is 25.5 Å². The van der Waals surface area contributed by atoms with E-state index in [4.69, 9.17) is 19.8 Å². The average Bonchev–Trinajstić information content (AvgIpc) is 2.38. The number of hydrogen-bond acceptors (Lipinski definition) is 5. The summed E-state index contributed by atoms with van der Waals surface area (Å²) in [6.07, 6.45) is 0. The molecule has 0 bridgehead atoms. The molecule has 0 aliphatic heterocycles. The van der Waals surface area contributed by atoms with Gasteiger partial charge in [0.1, 0.15) is 12.4 Å². The van der Waals surface area contributed by atoms with Gasteiger partial charge in [-0.15, -0.1) is 0 Å². The van der Waals surface area contributed by atoms with Crippen LogP contribution in [0.5, 0.6) is 5.75 Å². The molecule has 0 aliphatic carbocycles. The van der Waals surface area contributed by atoms with E-state index in [1.54, 1.807) is 13.0 Å². The van der Waals surface area contributed by atoms with Gasteiger partial charge in [-0.25, -0.2) is 0 Å². The zero-order valence-electron chi connectivity index (χ0n) is 9.80. The summed E-state index contributed by atoms with van der Waals surface area (Å²) in [4.78, 5) is 0. The fourth-order valence-electron chi connectivity index (χ4n) is 1.32. The highest BCUT2D eigenvalue weighted by atomic mass is 16.5. The van der Waals surface area contributed by atoms with Gasteiger partial charge in [-0.2, -0.15) is 0 Å². The van der Waals surface area contributed by atoms with Crippen molar-refractivity contribution in [3.05, 3.63) is 29.8 Å². The molecule has 0 unspecified atom stereocenters. The van der Waals surface area contributed by atoms with Crippen molar-refractivity contribution >= 4 is 5.71 Å². The van der Waals surface area contributed by atoms with Crippen LogP contribution in [0.25, 0.3) is 0 Å². The third-order valence-electron chi connectivity index (χ3n) is 2.15. The maximum absolute atomic E-state index is 8.73. The summed E-state index contributed by atoms with van der Waals surface area (Å²) in [7, 11) is 0. The Morgan fingerprint density at radius 1 is 1.24 bits per heavy atom. The summed E-state index contributed by atoms with van der Waals surface area (Å²) < 4.78 is 10.6. The molecule has 0 amide bonds. The quantitative estimate of drug-likeness (QED) is 0.325. The molecule has 2 N–H and O–H groups in total. The number of rotatable bonds is 7. The summed E-state index contributed by atoms with van der Waals surface area (Å²) in [6.45, 7) is 2.80. The summed E-state index contributed by atoms with van der Waals surface area (Å²) in [5.74, 6) is 0.649. The molecule has 1 aromatic rings. The minimum Gasteiger partial charge on any atom is -0.490 e. The maximum Gasteiger partial charge on any atom is 0.128 e. The molecule has 1 rings (SSSR count). The maximum atomic E-state index is 8.73. The van der Waals surface area contributed by atoms with Gasteiger partial charge >= 0.3 is 0 Å². The predicted octanol–water partition coefficient (Wildman–Crippen LogP) is 1.27. The Hall–Kier alpha value is -1.59. The lowest BCUT2D eigenvalue weighted by molar-refractivity contribution is 0.0705. The van der Waals surface area contributed by atoms with Crippen LogP contribution in [-0.4, -0.2) is 42.5 Å². The van der Waals surface area contributed by atoms with Gasteiger partial charge in [0.15, 0.2) is 0 Å². The molecule has 0 saturated carbocycles. The van der Waals surface area contributed by atoms with Crippen molar-refractivity contribution in [1.29, 1.82) is 0 Å². The predicted molar refractivity (Wildman–Crippen MR) is 63.8 cm³/mol. The number of nitrogens with zero attached hydrogens (tertiary/aromatic N) is 1. The largest absolute Gasteiger partial charge is 0.490 e. The topological polar surface area (TPSA) is 71.3 Å². The molecule has 0 saturated heterocycles. The van der Waals surface area contributed by atoms with E-state index in [-0.39, 0.29) is 6.61 Å². The molecule has 94 valence electrons. The van der Waals surface area contributed by atoms with Gasteiger partial charge in [0, 0.05) is 5.56 Å². The number of ether oxygens (including phenoxy) is 2. The Labute approximate surface area is 100 Å². The first kappa shape index (κ1) is 13.5. The molecule has 0 spiro atoms. The Kier molecular flexibility index (Phi) is 6.06. The van der Waals surface area contributed by atoms with Crippen molar-refractivity contribution in [1.82, 2.24) is 0 Å². The highest BCUT2D eigenvalue weighted by Crippen LogP contribution is 2.18. The van der Waals surface area contributed by atoms with Gasteiger partial charge < -0.3 is 19.8 Å². The minimum atomic E-state index is 0.00681. The number of para-hydroxylation sites is 1. The second-order valence-electron chi connectivity index (χ2n) is 3.37. The normalized spacial score (nSPS) is 11.5. The monoisotopic (exact) mass is 239 g/mol. The molecule has 5 nitrogen and oxygen atoms in total. The number of aliphatic hydroxyl groups is 1. The lowest BCUT2D eigenvalue weighted by Crippen LogP contribution is -2.10. The summed E-state index contributed by atoms with van der Waals surface area (Å²) in [6, 6.07) is 7.31. The van der Waals surface area contributed by atoms with Crippen molar-refractivity contribution in [2.24, 2.45) is 5.16 Å². The molecule has 0 radical (unpaired) electrons. The van der Waals surface area contributed by atoms with E-state index in [1.807, 2.05) is 18.2 Å². The highest BCUT2D eigenvalue weighted by molar-refractivity contribution is 6.00. The van der Waals surface area contributed by atoms with Gasteiger partial charge in [-0.3, -0.25) is 0 Å².